The van der Waals surface area contributed by atoms with E-state index in [-0.39, 0.29) is 28.9 Å². The molecule has 0 aliphatic carbocycles. The number of aromatic nitrogens is 3. The fourth-order valence-corrected chi connectivity index (χ4v) is 5.33. The molecule has 0 atom stereocenters. The van der Waals surface area contributed by atoms with Crippen molar-refractivity contribution in [3.63, 3.8) is 0 Å². The Balaban J connectivity index is 1.35. The van der Waals surface area contributed by atoms with Gasteiger partial charge < -0.3 is 9.64 Å². The van der Waals surface area contributed by atoms with Gasteiger partial charge in [-0.25, -0.2) is 13.4 Å². The predicted octanol–water partition coefficient (Wildman–Crippen LogP) is 2.55. The summed E-state index contributed by atoms with van der Waals surface area (Å²) in [7, 11) is -0.101. The van der Waals surface area contributed by atoms with E-state index < -0.39 is 9.84 Å². The molecule has 1 saturated heterocycles. The Morgan fingerprint density at radius 2 is 1.87 bits per heavy atom. The Hall–Kier alpha value is -2.94. The number of hydrogen-bond acceptors (Lipinski definition) is 6. The smallest absolute Gasteiger partial charge is 0.223 e. The Morgan fingerprint density at radius 1 is 1.16 bits per heavy atom. The maximum Gasteiger partial charge on any atom is 0.223 e. The van der Waals surface area contributed by atoms with Crippen LogP contribution in [-0.4, -0.2) is 59.9 Å². The lowest BCUT2D eigenvalue weighted by atomic mass is 9.92. The van der Waals surface area contributed by atoms with Gasteiger partial charge in [0.15, 0.2) is 15.5 Å². The molecular formula is C22H26N4O4S. The minimum absolute atomic E-state index is 0.0184. The SMILES string of the molecule is COc1ccc(S(=O)(=O)CCC(=O)N2CCC(c3nn(C)c4ncccc34)CC2)cc1. The Labute approximate surface area is 181 Å². The predicted molar refractivity (Wildman–Crippen MR) is 117 cm³/mol. The van der Waals surface area contributed by atoms with Crippen LogP contribution in [-0.2, 0) is 21.7 Å². The zero-order valence-electron chi connectivity index (χ0n) is 17.7. The number of amides is 1. The molecule has 0 bridgehead atoms. The number of aryl methyl sites for hydroxylation is 1. The van der Waals surface area contributed by atoms with Crippen LogP contribution < -0.4 is 4.74 Å². The van der Waals surface area contributed by atoms with Gasteiger partial charge in [-0.2, -0.15) is 5.10 Å². The van der Waals surface area contributed by atoms with E-state index >= 15 is 0 Å². The second kappa shape index (κ2) is 8.66. The van der Waals surface area contributed by atoms with Gasteiger partial charge >= 0.3 is 0 Å². The van der Waals surface area contributed by atoms with Crippen LogP contribution in [0.1, 0.15) is 30.9 Å². The summed E-state index contributed by atoms with van der Waals surface area (Å²) in [5.41, 5.74) is 1.89. The van der Waals surface area contributed by atoms with Crippen molar-refractivity contribution in [3.05, 3.63) is 48.3 Å². The average molecular weight is 443 g/mol. The summed E-state index contributed by atoms with van der Waals surface area (Å²) in [6.45, 7) is 1.20. The first-order valence-corrected chi connectivity index (χ1v) is 12.0. The molecule has 8 nitrogen and oxygen atoms in total. The van der Waals surface area contributed by atoms with E-state index in [1.54, 1.807) is 27.9 Å². The molecule has 1 fully saturated rings. The highest BCUT2D eigenvalue weighted by Crippen LogP contribution is 2.31. The second-order valence-electron chi connectivity index (χ2n) is 7.78. The summed E-state index contributed by atoms with van der Waals surface area (Å²) in [5.74, 6) is 0.534. The van der Waals surface area contributed by atoms with E-state index in [1.807, 2.05) is 19.2 Å². The maximum atomic E-state index is 12.6. The normalized spacial score (nSPS) is 15.4. The van der Waals surface area contributed by atoms with E-state index in [2.05, 4.69) is 10.1 Å². The van der Waals surface area contributed by atoms with E-state index in [4.69, 9.17) is 4.74 Å². The molecule has 3 aromatic rings. The Kier molecular flexibility index (Phi) is 5.95. The van der Waals surface area contributed by atoms with Gasteiger partial charge in [-0.1, -0.05) is 0 Å². The number of fused-ring (bicyclic) bond motifs is 1. The second-order valence-corrected chi connectivity index (χ2v) is 9.89. The van der Waals surface area contributed by atoms with Crippen LogP contribution in [0.15, 0.2) is 47.5 Å². The number of piperidine rings is 1. The molecule has 2 aromatic heterocycles. The van der Waals surface area contributed by atoms with Crippen molar-refractivity contribution in [1.82, 2.24) is 19.7 Å². The number of carbonyl (C=O) groups is 1. The fraction of sp³-hybridized carbons (Fsp3) is 0.409. The van der Waals surface area contributed by atoms with E-state index in [0.717, 1.165) is 29.6 Å². The number of pyridine rings is 1. The first kappa shape index (κ1) is 21.3. The molecule has 1 aliphatic heterocycles. The first-order valence-electron chi connectivity index (χ1n) is 10.3. The molecule has 0 unspecified atom stereocenters. The van der Waals surface area contributed by atoms with Gasteiger partial charge in [0.1, 0.15) is 5.75 Å². The van der Waals surface area contributed by atoms with Crippen molar-refractivity contribution >= 4 is 26.8 Å². The van der Waals surface area contributed by atoms with Crippen LogP contribution in [0, 0.1) is 0 Å². The van der Waals surface area contributed by atoms with Crippen LogP contribution in [0.25, 0.3) is 11.0 Å². The van der Waals surface area contributed by atoms with Crippen molar-refractivity contribution in [3.8, 4) is 5.75 Å². The van der Waals surface area contributed by atoms with E-state index in [1.165, 1.54) is 19.2 Å². The number of methoxy groups -OCH3 is 1. The summed E-state index contributed by atoms with van der Waals surface area (Å²) in [6.07, 6.45) is 3.35. The van der Waals surface area contributed by atoms with Gasteiger partial charge in [-0.3, -0.25) is 9.48 Å². The minimum atomic E-state index is -3.52. The van der Waals surface area contributed by atoms with E-state index in [9.17, 15) is 13.2 Å². The highest BCUT2D eigenvalue weighted by atomic mass is 32.2. The number of likely N-dealkylation sites (tertiary alicyclic amines) is 1. The molecule has 4 rings (SSSR count). The molecule has 0 spiro atoms. The number of ether oxygens (including phenoxy) is 1. The topological polar surface area (TPSA) is 94.4 Å². The van der Waals surface area contributed by atoms with Crippen LogP contribution in [0.5, 0.6) is 5.75 Å². The van der Waals surface area contributed by atoms with Crippen LogP contribution in [0.2, 0.25) is 0 Å². The minimum Gasteiger partial charge on any atom is -0.497 e. The maximum absolute atomic E-state index is 12.6. The van der Waals surface area contributed by atoms with E-state index in [0.29, 0.717) is 18.8 Å². The molecule has 1 aromatic carbocycles. The van der Waals surface area contributed by atoms with Crippen molar-refractivity contribution in [2.24, 2.45) is 7.05 Å². The van der Waals surface area contributed by atoms with Crippen LogP contribution in [0.4, 0.5) is 0 Å². The number of carbonyl (C=O) groups excluding carboxylic acids is 1. The van der Waals surface area contributed by atoms with Gasteiger partial charge in [-0.05, 0) is 49.2 Å². The van der Waals surface area contributed by atoms with Crippen molar-refractivity contribution in [2.75, 3.05) is 26.0 Å². The third kappa shape index (κ3) is 4.41. The lowest BCUT2D eigenvalue weighted by molar-refractivity contribution is -0.131. The molecule has 31 heavy (non-hydrogen) atoms. The van der Waals surface area contributed by atoms with Gasteiger partial charge in [0.2, 0.25) is 5.91 Å². The monoisotopic (exact) mass is 442 g/mol. The molecule has 9 heteroatoms. The standard InChI is InChI=1S/C22H26N4O4S/c1-25-22-19(4-3-12-23-22)21(24-25)16-9-13-26(14-10-16)20(27)11-15-31(28,29)18-7-5-17(30-2)6-8-18/h3-8,12,16H,9-11,13-15H2,1-2H3. The van der Waals surface area contributed by atoms with Crippen molar-refractivity contribution in [1.29, 1.82) is 0 Å². The molecule has 164 valence electrons. The molecule has 0 N–H and O–H groups in total. The Morgan fingerprint density at radius 3 is 2.55 bits per heavy atom. The molecular weight excluding hydrogens is 416 g/mol. The van der Waals surface area contributed by atoms with Crippen molar-refractivity contribution in [2.45, 2.75) is 30.1 Å². The largest absolute Gasteiger partial charge is 0.497 e. The number of rotatable bonds is 6. The third-order valence-corrected chi connectivity index (χ3v) is 7.60. The highest BCUT2D eigenvalue weighted by molar-refractivity contribution is 7.91. The summed E-state index contributed by atoms with van der Waals surface area (Å²) in [5, 5.41) is 5.72. The molecule has 1 aliphatic rings. The number of benzene rings is 1. The summed E-state index contributed by atoms with van der Waals surface area (Å²) in [4.78, 5) is 19.0. The first-order chi connectivity index (χ1) is 14.9. The number of nitrogens with zero attached hydrogens (tertiary/aromatic N) is 4. The zero-order chi connectivity index (χ0) is 22.0. The fourth-order valence-electron chi connectivity index (χ4n) is 4.10. The summed E-state index contributed by atoms with van der Waals surface area (Å²) in [6, 6.07) is 10.2. The summed E-state index contributed by atoms with van der Waals surface area (Å²) < 4.78 is 32.0. The molecule has 3 heterocycles. The number of hydrogen-bond donors (Lipinski definition) is 0. The van der Waals surface area contributed by atoms with Gasteiger partial charge in [0.25, 0.3) is 0 Å². The van der Waals surface area contributed by atoms with Gasteiger partial charge in [-0.15, -0.1) is 0 Å². The zero-order valence-corrected chi connectivity index (χ0v) is 18.5. The highest BCUT2D eigenvalue weighted by Gasteiger charge is 2.28. The van der Waals surface area contributed by atoms with Crippen molar-refractivity contribution < 1.29 is 17.9 Å². The van der Waals surface area contributed by atoms with Gasteiger partial charge in [0.05, 0.1) is 23.5 Å². The lowest BCUT2D eigenvalue weighted by Gasteiger charge is -2.31. The number of sulfone groups is 1. The van der Waals surface area contributed by atoms with Gasteiger partial charge in [0, 0.05) is 44.1 Å². The third-order valence-electron chi connectivity index (χ3n) is 5.86. The Bertz CT molecular complexity index is 1180. The molecule has 0 radical (unpaired) electrons. The lowest BCUT2D eigenvalue weighted by Crippen LogP contribution is -2.38. The molecule has 1 amide bonds. The van der Waals surface area contributed by atoms with Crippen LogP contribution >= 0.6 is 0 Å². The quantitative estimate of drug-likeness (QED) is 0.582. The average Bonchev–Trinajstić information content (AvgIpc) is 3.14. The summed E-state index contributed by atoms with van der Waals surface area (Å²) >= 11 is 0. The molecule has 0 saturated carbocycles. The van der Waals surface area contributed by atoms with Crippen LogP contribution in [0.3, 0.4) is 0 Å².